The van der Waals surface area contributed by atoms with Crippen LogP contribution in [-0.4, -0.2) is 34.2 Å². The van der Waals surface area contributed by atoms with Crippen molar-refractivity contribution in [3.05, 3.63) is 82.5 Å². The van der Waals surface area contributed by atoms with Crippen molar-refractivity contribution in [2.24, 2.45) is 0 Å². The molecule has 2 aromatic carbocycles. The Hall–Kier alpha value is -3.41. The van der Waals surface area contributed by atoms with E-state index in [0.29, 0.717) is 18.6 Å². The molecule has 0 bridgehead atoms. The molecule has 1 atom stereocenters. The van der Waals surface area contributed by atoms with E-state index in [9.17, 15) is 9.59 Å². The molecule has 6 heteroatoms. The fourth-order valence-electron chi connectivity index (χ4n) is 6.20. The van der Waals surface area contributed by atoms with E-state index in [0.717, 1.165) is 54.7 Å². The second-order valence-electron chi connectivity index (χ2n) is 11.5. The minimum absolute atomic E-state index is 0.131. The maximum absolute atomic E-state index is 13.8. The molecule has 0 amide bonds. The summed E-state index contributed by atoms with van der Waals surface area (Å²) >= 11 is 0. The highest BCUT2D eigenvalue weighted by atomic mass is 16.5. The van der Waals surface area contributed by atoms with Gasteiger partial charge in [0, 0.05) is 12.5 Å². The van der Waals surface area contributed by atoms with Crippen LogP contribution in [0, 0.1) is 6.92 Å². The molecular weight excluding hydrogens is 486 g/mol. The number of anilines is 1. The molecule has 0 unspecified atom stereocenters. The van der Waals surface area contributed by atoms with Crippen LogP contribution in [0.3, 0.4) is 0 Å². The quantitative estimate of drug-likeness (QED) is 0.209. The van der Waals surface area contributed by atoms with Crippen molar-refractivity contribution in [3.8, 4) is 0 Å². The Morgan fingerprint density at radius 2 is 1.72 bits per heavy atom. The number of esters is 1. The lowest BCUT2D eigenvalue weighted by Crippen LogP contribution is -2.43. The number of benzene rings is 2. The zero-order chi connectivity index (χ0) is 28.2. The highest BCUT2D eigenvalue weighted by Gasteiger charge is 2.38. The molecule has 1 N–H and O–H groups in total. The fraction of sp³-hybridized carbons (Fsp3) is 0.485. The number of carbonyl (C=O) groups is 2. The number of hydrogen-bond acceptors (Lipinski definition) is 5. The average Bonchev–Trinajstić information content (AvgIpc) is 3.27. The summed E-state index contributed by atoms with van der Waals surface area (Å²) < 4.78 is 7.17. The Morgan fingerprint density at radius 1 is 1.05 bits per heavy atom. The van der Waals surface area contributed by atoms with E-state index in [2.05, 4.69) is 57.3 Å². The number of nitrogens with zero attached hydrogens (tertiary/aromatic N) is 2. The Bertz CT molecular complexity index is 1290. The molecule has 0 fully saturated rings. The summed E-state index contributed by atoms with van der Waals surface area (Å²) in [5.41, 5.74) is 4.16. The first kappa shape index (κ1) is 28.6. The number of aryl methyl sites for hydroxylation is 1. The molecule has 6 nitrogen and oxygen atoms in total. The van der Waals surface area contributed by atoms with Gasteiger partial charge in [-0.15, -0.1) is 0 Å². The van der Waals surface area contributed by atoms with Gasteiger partial charge in [-0.1, -0.05) is 56.3 Å². The summed E-state index contributed by atoms with van der Waals surface area (Å²) in [7, 11) is 0. The van der Waals surface area contributed by atoms with Crippen molar-refractivity contribution in [3.63, 3.8) is 0 Å². The minimum Gasteiger partial charge on any atom is -0.462 e. The normalized spacial score (nSPS) is 16.3. The zero-order valence-corrected chi connectivity index (χ0v) is 24.3. The number of hydrogen-bond donors (Lipinski definition) is 1. The van der Waals surface area contributed by atoms with Crippen molar-refractivity contribution in [2.75, 3.05) is 11.9 Å². The molecule has 0 saturated heterocycles. The summed E-state index contributed by atoms with van der Waals surface area (Å²) in [6, 6.07) is 18.5. The van der Waals surface area contributed by atoms with Crippen LogP contribution >= 0.6 is 0 Å². The van der Waals surface area contributed by atoms with Crippen LogP contribution in [0.5, 0.6) is 0 Å². The molecule has 0 spiro atoms. The van der Waals surface area contributed by atoms with E-state index >= 15 is 0 Å². The van der Waals surface area contributed by atoms with Crippen molar-refractivity contribution in [2.45, 2.75) is 97.1 Å². The largest absolute Gasteiger partial charge is 0.462 e. The highest BCUT2D eigenvalue weighted by molar-refractivity contribution is 6.02. The first-order valence-electron chi connectivity index (χ1n) is 14.4. The lowest BCUT2D eigenvalue weighted by molar-refractivity contribution is 0.0526. The second kappa shape index (κ2) is 11.8. The molecule has 1 aromatic heterocycles. The monoisotopic (exact) mass is 529 g/mol. The van der Waals surface area contributed by atoms with Crippen LogP contribution in [0.1, 0.15) is 104 Å². The number of fused-ring (bicyclic) bond motifs is 1. The van der Waals surface area contributed by atoms with Crippen LogP contribution in [0.4, 0.5) is 5.82 Å². The van der Waals surface area contributed by atoms with Crippen LogP contribution in [0.2, 0.25) is 0 Å². The van der Waals surface area contributed by atoms with Crippen LogP contribution in [-0.2, 0) is 22.1 Å². The molecule has 1 aliphatic rings. The van der Waals surface area contributed by atoms with E-state index in [-0.39, 0.29) is 28.7 Å². The lowest BCUT2D eigenvalue weighted by Gasteiger charge is -2.38. The van der Waals surface area contributed by atoms with Crippen LogP contribution < -0.4 is 5.32 Å². The number of ketones is 1. The third kappa shape index (κ3) is 5.95. The second-order valence-corrected chi connectivity index (χ2v) is 11.5. The number of carbonyl (C=O) groups excluding carboxylic acids is 2. The molecule has 1 aliphatic heterocycles. The molecule has 3 aromatic rings. The molecule has 208 valence electrons. The van der Waals surface area contributed by atoms with Crippen molar-refractivity contribution < 1.29 is 14.3 Å². The molecule has 4 rings (SSSR count). The molecule has 0 aliphatic carbocycles. The van der Waals surface area contributed by atoms with Gasteiger partial charge in [-0.2, -0.15) is 5.10 Å². The number of aromatic nitrogens is 2. The van der Waals surface area contributed by atoms with Gasteiger partial charge in [0.15, 0.2) is 5.78 Å². The minimum atomic E-state index is -0.305. The Labute approximate surface area is 233 Å². The van der Waals surface area contributed by atoms with E-state index < -0.39 is 0 Å². The SMILES string of the molecule is CCOC(=O)c1ccc(C(CC)(CC)CCC(=O)c2c(C)nn3c2N[C@@H](Cc2ccccc2)CC3(C)C)cc1. The van der Waals surface area contributed by atoms with Gasteiger partial charge in [-0.3, -0.25) is 4.79 Å². The number of rotatable bonds is 11. The van der Waals surface area contributed by atoms with Crippen molar-refractivity contribution >= 4 is 17.6 Å². The predicted octanol–water partition coefficient (Wildman–Crippen LogP) is 7.25. The molecule has 0 saturated carbocycles. The Kier molecular flexibility index (Phi) is 8.63. The summed E-state index contributed by atoms with van der Waals surface area (Å²) in [6.07, 6.45) is 4.82. The number of nitrogens with one attached hydrogen (secondary N) is 1. The fourth-order valence-corrected chi connectivity index (χ4v) is 6.20. The summed E-state index contributed by atoms with van der Waals surface area (Å²) in [5, 5.41) is 8.53. The van der Waals surface area contributed by atoms with E-state index in [1.807, 2.05) is 48.9 Å². The van der Waals surface area contributed by atoms with Gasteiger partial charge in [-0.05, 0) is 88.5 Å². The first-order valence-corrected chi connectivity index (χ1v) is 14.4. The summed E-state index contributed by atoms with van der Waals surface area (Å²) in [4.78, 5) is 26.0. The van der Waals surface area contributed by atoms with E-state index in [4.69, 9.17) is 9.84 Å². The third-order valence-corrected chi connectivity index (χ3v) is 8.52. The van der Waals surface area contributed by atoms with E-state index in [1.165, 1.54) is 5.56 Å². The van der Waals surface area contributed by atoms with Gasteiger partial charge in [0.2, 0.25) is 0 Å². The van der Waals surface area contributed by atoms with Gasteiger partial charge in [0.25, 0.3) is 0 Å². The topological polar surface area (TPSA) is 73.2 Å². The van der Waals surface area contributed by atoms with Crippen molar-refractivity contribution in [1.29, 1.82) is 0 Å². The zero-order valence-electron chi connectivity index (χ0n) is 24.3. The summed E-state index contributed by atoms with van der Waals surface area (Å²) in [6.45, 7) is 12.9. The number of ether oxygens (including phenoxy) is 1. The van der Waals surface area contributed by atoms with Crippen LogP contribution in [0.25, 0.3) is 0 Å². The van der Waals surface area contributed by atoms with Gasteiger partial charge < -0.3 is 10.1 Å². The molecular formula is C33H43N3O3. The Balaban J connectivity index is 1.55. The van der Waals surface area contributed by atoms with Gasteiger partial charge in [-0.25, -0.2) is 9.48 Å². The highest BCUT2D eigenvalue weighted by Crippen LogP contribution is 2.40. The predicted molar refractivity (Wildman–Crippen MR) is 157 cm³/mol. The van der Waals surface area contributed by atoms with Gasteiger partial charge in [0.05, 0.1) is 29.0 Å². The van der Waals surface area contributed by atoms with Crippen molar-refractivity contribution in [1.82, 2.24) is 9.78 Å². The van der Waals surface area contributed by atoms with Crippen LogP contribution in [0.15, 0.2) is 54.6 Å². The molecule has 39 heavy (non-hydrogen) atoms. The van der Waals surface area contributed by atoms with Gasteiger partial charge >= 0.3 is 5.97 Å². The molecule has 2 heterocycles. The maximum atomic E-state index is 13.8. The smallest absolute Gasteiger partial charge is 0.338 e. The molecule has 0 radical (unpaired) electrons. The first-order chi connectivity index (χ1) is 18.6. The standard InChI is InChI=1S/C33H43N3O3/c1-7-33(8-2,26-17-15-25(16-18-26)31(38)39-9-3)20-19-28(37)29-23(4)35-36-30(29)34-27(22-32(36,5)6)21-24-13-11-10-12-14-24/h10-18,27,34H,7-9,19-22H2,1-6H3/t27-/m0/s1. The summed E-state index contributed by atoms with van der Waals surface area (Å²) in [5.74, 6) is 0.680. The van der Waals surface area contributed by atoms with E-state index in [1.54, 1.807) is 0 Å². The third-order valence-electron chi connectivity index (χ3n) is 8.52. The number of Topliss-reactive ketones (excluding diaryl/α,β-unsaturated/α-hetero) is 1. The lowest BCUT2D eigenvalue weighted by atomic mass is 9.72. The average molecular weight is 530 g/mol. The van der Waals surface area contributed by atoms with Gasteiger partial charge in [0.1, 0.15) is 5.82 Å². The Morgan fingerprint density at radius 3 is 2.33 bits per heavy atom. The maximum Gasteiger partial charge on any atom is 0.338 e.